The minimum absolute atomic E-state index is 0.0528. The number of carbonyl (C=O) groups excluding carboxylic acids is 3. The maximum atomic E-state index is 12.6. The van der Waals surface area contributed by atoms with Crippen LogP contribution >= 0.6 is 0 Å². The zero-order valence-corrected chi connectivity index (χ0v) is 25.7. The Kier molecular flexibility index (Phi) is 25.1. The van der Waals surface area contributed by atoms with Gasteiger partial charge in [0, 0.05) is 24.7 Å². The molecule has 1 aliphatic carbocycles. The van der Waals surface area contributed by atoms with Crippen LogP contribution in [0.5, 0.6) is 5.75 Å². The number of ether oxygens (including phenoxy) is 1. The predicted molar refractivity (Wildman–Crippen MR) is 173 cm³/mol. The van der Waals surface area contributed by atoms with E-state index in [0.717, 1.165) is 25.1 Å². The normalized spacial score (nSPS) is 12.0. The predicted octanol–water partition coefficient (Wildman–Crippen LogP) is 6.68. The van der Waals surface area contributed by atoms with Gasteiger partial charge in [-0.1, -0.05) is 101 Å². The third-order valence-corrected chi connectivity index (χ3v) is 6.20. The van der Waals surface area contributed by atoms with Gasteiger partial charge in [0.2, 0.25) is 0 Å². The molecule has 4 rings (SSSR count). The summed E-state index contributed by atoms with van der Waals surface area (Å²) in [5, 5.41) is 6.19. The van der Waals surface area contributed by atoms with Crippen LogP contribution in [-0.2, 0) is 15.0 Å². The summed E-state index contributed by atoms with van der Waals surface area (Å²) in [5.74, 6) is 0.556. The zero-order chi connectivity index (χ0) is 31.4. The number of nitrogens with one attached hydrogen (secondary N) is 2. The van der Waals surface area contributed by atoms with Gasteiger partial charge in [0.25, 0.3) is 5.91 Å². The molecule has 1 amide bonds. The van der Waals surface area contributed by atoms with E-state index in [4.69, 9.17) is 20.1 Å². The van der Waals surface area contributed by atoms with E-state index in [1.54, 1.807) is 7.11 Å². The first-order valence-electron chi connectivity index (χ1n) is 14.1. The largest absolute Gasteiger partial charge is 0.496 e. The number of rotatable bonds is 6. The SMILES string of the molecule is C=O.C=O.CC.CCN.CNc1ccccc1.COc1ccccc1C(=O)NCC1(c2ccccc2)CCCCC1. The first-order valence-corrected chi connectivity index (χ1v) is 14.1. The third-order valence-electron chi connectivity index (χ3n) is 6.20. The lowest BCUT2D eigenvalue weighted by Crippen LogP contribution is -2.42. The van der Waals surface area contributed by atoms with Gasteiger partial charge in [-0.2, -0.15) is 0 Å². The molecule has 41 heavy (non-hydrogen) atoms. The molecule has 0 aliphatic heterocycles. The van der Waals surface area contributed by atoms with Crippen molar-refractivity contribution in [1.29, 1.82) is 0 Å². The smallest absolute Gasteiger partial charge is 0.255 e. The summed E-state index contributed by atoms with van der Waals surface area (Å²) >= 11 is 0. The molecule has 0 heterocycles. The molecule has 1 fully saturated rings. The highest BCUT2D eigenvalue weighted by molar-refractivity contribution is 5.96. The number of benzene rings is 3. The van der Waals surface area contributed by atoms with Gasteiger partial charge in [-0.05, 0) is 49.2 Å². The summed E-state index contributed by atoms with van der Waals surface area (Å²) in [6, 6.07) is 28.1. The Bertz CT molecular complexity index is 1010. The van der Waals surface area contributed by atoms with Crippen LogP contribution in [0.15, 0.2) is 84.9 Å². The Morgan fingerprint density at radius 2 is 1.29 bits per heavy atom. The van der Waals surface area contributed by atoms with Gasteiger partial charge in [-0.25, -0.2) is 0 Å². The fraction of sp³-hybridized carbons (Fsp3) is 0.382. The van der Waals surface area contributed by atoms with Crippen molar-refractivity contribution in [3.05, 3.63) is 96.1 Å². The summed E-state index contributed by atoms with van der Waals surface area (Å²) in [5.41, 5.74) is 7.99. The number of nitrogens with two attached hydrogens (primary N) is 1. The number of para-hydroxylation sites is 2. The number of carbonyl (C=O) groups is 3. The molecule has 4 N–H and O–H groups in total. The molecule has 0 saturated heterocycles. The number of hydrogen-bond donors (Lipinski definition) is 3. The van der Waals surface area contributed by atoms with E-state index < -0.39 is 0 Å². The molecule has 0 radical (unpaired) electrons. The molecular weight excluding hydrogens is 514 g/mol. The van der Waals surface area contributed by atoms with Crippen molar-refractivity contribution in [1.82, 2.24) is 5.32 Å². The van der Waals surface area contributed by atoms with Gasteiger partial charge >= 0.3 is 0 Å². The zero-order valence-electron chi connectivity index (χ0n) is 25.7. The number of amides is 1. The molecule has 0 spiro atoms. The second kappa shape index (κ2) is 26.3. The quantitative estimate of drug-likeness (QED) is 0.308. The van der Waals surface area contributed by atoms with Crippen molar-refractivity contribution in [3.63, 3.8) is 0 Å². The molecular formula is C34H51N3O4. The molecule has 7 heteroatoms. The molecule has 0 aromatic heterocycles. The van der Waals surface area contributed by atoms with Crippen LogP contribution in [0.4, 0.5) is 5.69 Å². The topological polar surface area (TPSA) is 111 Å². The van der Waals surface area contributed by atoms with Crippen molar-refractivity contribution < 1.29 is 19.1 Å². The highest BCUT2D eigenvalue weighted by Gasteiger charge is 2.34. The highest BCUT2D eigenvalue weighted by Crippen LogP contribution is 2.39. The molecule has 1 aliphatic rings. The molecule has 0 unspecified atom stereocenters. The van der Waals surface area contributed by atoms with Crippen LogP contribution in [-0.4, -0.2) is 46.7 Å². The van der Waals surface area contributed by atoms with Gasteiger partial charge in [0.15, 0.2) is 0 Å². The first kappa shape index (κ1) is 39.2. The van der Waals surface area contributed by atoms with Crippen LogP contribution in [0.3, 0.4) is 0 Å². The Hall–Kier alpha value is -3.97. The maximum Gasteiger partial charge on any atom is 0.255 e. The summed E-state index contributed by atoms with van der Waals surface area (Å²) < 4.78 is 5.31. The van der Waals surface area contributed by atoms with E-state index in [2.05, 4.69) is 34.9 Å². The van der Waals surface area contributed by atoms with E-state index in [-0.39, 0.29) is 11.3 Å². The fourth-order valence-electron chi connectivity index (χ4n) is 4.37. The van der Waals surface area contributed by atoms with Crippen molar-refractivity contribution in [2.24, 2.45) is 5.73 Å². The standard InChI is InChI=1S/C21H25NO2.C7H9N.C2H7N.C2H6.2CH2O/c1-24-19-13-7-6-12-18(19)20(23)22-16-21(14-8-3-9-15-21)17-10-4-2-5-11-17;1-8-7-5-3-2-4-6-7;1-2-3;3*1-2/h2,4-7,10-13H,3,8-9,14-16H2,1H3,(H,22,23);2-6,8H,1H3;2-3H2,1H3;1-2H3;2*1H2. The van der Waals surface area contributed by atoms with Crippen LogP contribution in [0.1, 0.15) is 68.8 Å². The lowest BCUT2D eigenvalue weighted by Gasteiger charge is -2.38. The third kappa shape index (κ3) is 14.8. The van der Waals surface area contributed by atoms with Crippen LogP contribution in [0.25, 0.3) is 0 Å². The lowest BCUT2D eigenvalue weighted by molar-refractivity contribution is -0.0987. The molecule has 0 atom stereocenters. The second-order valence-corrected chi connectivity index (χ2v) is 8.61. The Morgan fingerprint density at radius 1 is 0.829 bits per heavy atom. The second-order valence-electron chi connectivity index (χ2n) is 8.61. The average Bonchev–Trinajstić information content (AvgIpc) is 3.08. The van der Waals surface area contributed by atoms with Gasteiger partial charge < -0.3 is 30.7 Å². The van der Waals surface area contributed by atoms with Crippen molar-refractivity contribution in [2.45, 2.75) is 58.3 Å². The highest BCUT2D eigenvalue weighted by atomic mass is 16.5. The minimum Gasteiger partial charge on any atom is -0.496 e. The van der Waals surface area contributed by atoms with Crippen molar-refractivity contribution >= 4 is 25.2 Å². The molecule has 1 saturated carbocycles. The summed E-state index contributed by atoms with van der Waals surface area (Å²) in [6.07, 6.45) is 5.99. The van der Waals surface area contributed by atoms with E-state index in [1.807, 2.05) is 102 Å². The van der Waals surface area contributed by atoms with Crippen LogP contribution in [0, 0.1) is 0 Å². The van der Waals surface area contributed by atoms with Gasteiger partial charge in [-0.15, -0.1) is 0 Å². The van der Waals surface area contributed by atoms with Crippen molar-refractivity contribution in [2.75, 3.05) is 32.6 Å². The Balaban J connectivity index is 0. The van der Waals surface area contributed by atoms with Gasteiger partial charge in [-0.3, -0.25) is 4.79 Å². The van der Waals surface area contributed by atoms with Gasteiger partial charge in [0.05, 0.1) is 12.7 Å². The average molecular weight is 566 g/mol. The first-order chi connectivity index (χ1) is 20.1. The molecule has 3 aromatic carbocycles. The van der Waals surface area contributed by atoms with E-state index >= 15 is 0 Å². The number of hydrogen-bond acceptors (Lipinski definition) is 6. The van der Waals surface area contributed by atoms with Crippen molar-refractivity contribution in [3.8, 4) is 5.75 Å². The van der Waals surface area contributed by atoms with E-state index in [9.17, 15) is 4.79 Å². The summed E-state index contributed by atoms with van der Waals surface area (Å²) in [7, 11) is 3.51. The Labute approximate surface area is 247 Å². The Morgan fingerprint density at radius 3 is 1.76 bits per heavy atom. The van der Waals surface area contributed by atoms with E-state index in [1.165, 1.54) is 24.8 Å². The molecule has 7 nitrogen and oxygen atoms in total. The molecule has 226 valence electrons. The number of methoxy groups -OCH3 is 1. The molecule has 0 bridgehead atoms. The van der Waals surface area contributed by atoms with E-state index in [0.29, 0.717) is 17.9 Å². The monoisotopic (exact) mass is 565 g/mol. The van der Waals surface area contributed by atoms with Crippen LogP contribution < -0.4 is 21.1 Å². The van der Waals surface area contributed by atoms with Crippen LogP contribution in [0.2, 0.25) is 0 Å². The fourth-order valence-corrected chi connectivity index (χ4v) is 4.37. The summed E-state index contributed by atoms with van der Waals surface area (Å²) in [4.78, 5) is 28.6. The van der Waals surface area contributed by atoms with Gasteiger partial charge in [0.1, 0.15) is 19.3 Å². The molecule has 3 aromatic rings. The lowest BCUT2D eigenvalue weighted by atomic mass is 9.69. The number of anilines is 1. The maximum absolute atomic E-state index is 12.6. The minimum atomic E-state index is -0.0617. The summed E-state index contributed by atoms with van der Waals surface area (Å²) in [6.45, 7) is 11.3.